The highest BCUT2D eigenvalue weighted by atomic mass is 35.5. The fourth-order valence-corrected chi connectivity index (χ4v) is 2.71. The minimum atomic E-state index is -0.113. The van der Waals surface area contributed by atoms with Crippen LogP contribution in [0.3, 0.4) is 0 Å². The number of rotatable bonds is 7. The van der Waals surface area contributed by atoms with E-state index in [4.69, 9.17) is 21.1 Å². The lowest BCUT2D eigenvalue weighted by Gasteiger charge is -2.12. The van der Waals surface area contributed by atoms with E-state index in [1.54, 1.807) is 50.8 Å². The average molecular weight is 395 g/mol. The number of ketones is 1. The number of hydrogen-bond acceptors (Lipinski definition) is 5. The Kier molecular flexibility index (Phi) is 6.29. The van der Waals surface area contributed by atoms with Gasteiger partial charge < -0.3 is 14.8 Å². The van der Waals surface area contributed by atoms with Gasteiger partial charge in [0.2, 0.25) is 0 Å². The van der Waals surface area contributed by atoms with E-state index in [-0.39, 0.29) is 5.78 Å². The molecule has 2 aromatic carbocycles. The van der Waals surface area contributed by atoms with E-state index in [1.165, 1.54) is 6.08 Å². The first kappa shape index (κ1) is 19.5. The summed E-state index contributed by atoms with van der Waals surface area (Å²) in [5.41, 5.74) is 2.13. The summed E-state index contributed by atoms with van der Waals surface area (Å²) in [7, 11) is 3.17. The summed E-state index contributed by atoms with van der Waals surface area (Å²) in [6.07, 6.45) is 4.93. The van der Waals surface area contributed by atoms with Crippen LogP contribution in [0.25, 0.3) is 6.08 Å². The fourth-order valence-electron chi connectivity index (χ4n) is 2.58. The topological polar surface area (TPSA) is 60.5 Å². The van der Waals surface area contributed by atoms with Gasteiger partial charge in [0.05, 0.1) is 14.2 Å². The standard InChI is InChI=1S/C22H19ClN2O3/c1-27-20-12-10-18(14-21(20)28-2)25-22-16(4-3-13-24-22)7-11-19(26)15-5-8-17(23)9-6-15/h3-14H,1-2H3,(H,24,25)/b11-7+. The first-order valence-electron chi connectivity index (χ1n) is 8.53. The van der Waals surface area contributed by atoms with Crippen LogP contribution >= 0.6 is 11.6 Å². The molecule has 0 saturated heterocycles. The number of carbonyl (C=O) groups excluding carboxylic acids is 1. The van der Waals surface area contributed by atoms with Crippen LogP contribution in [-0.4, -0.2) is 25.0 Å². The zero-order valence-corrected chi connectivity index (χ0v) is 16.2. The molecule has 0 aliphatic heterocycles. The molecule has 0 bridgehead atoms. The number of aromatic nitrogens is 1. The lowest BCUT2D eigenvalue weighted by Crippen LogP contribution is -1.98. The monoisotopic (exact) mass is 394 g/mol. The van der Waals surface area contributed by atoms with Gasteiger partial charge in [0.25, 0.3) is 0 Å². The van der Waals surface area contributed by atoms with Gasteiger partial charge in [-0.3, -0.25) is 4.79 Å². The Morgan fingerprint density at radius 3 is 2.50 bits per heavy atom. The van der Waals surface area contributed by atoms with Gasteiger partial charge in [-0.1, -0.05) is 11.6 Å². The van der Waals surface area contributed by atoms with Gasteiger partial charge in [-0.25, -0.2) is 4.98 Å². The Balaban J connectivity index is 1.81. The predicted molar refractivity (Wildman–Crippen MR) is 112 cm³/mol. The van der Waals surface area contributed by atoms with Gasteiger partial charge in [0.15, 0.2) is 17.3 Å². The smallest absolute Gasteiger partial charge is 0.185 e. The number of anilines is 2. The van der Waals surface area contributed by atoms with Gasteiger partial charge in [0, 0.05) is 34.1 Å². The second-order valence-electron chi connectivity index (χ2n) is 5.84. The molecular weight excluding hydrogens is 376 g/mol. The maximum atomic E-state index is 12.4. The summed E-state index contributed by atoms with van der Waals surface area (Å²) < 4.78 is 10.6. The average Bonchev–Trinajstić information content (AvgIpc) is 2.73. The van der Waals surface area contributed by atoms with E-state index in [1.807, 2.05) is 30.3 Å². The zero-order valence-electron chi connectivity index (χ0n) is 15.5. The minimum Gasteiger partial charge on any atom is -0.493 e. The van der Waals surface area contributed by atoms with Gasteiger partial charge in [-0.15, -0.1) is 0 Å². The lowest BCUT2D eigenvalue weighted by molar-refractivity contribution is 0.104. The first-order valence-corrected chi connectivity index (χ1v) is 8.90. The van der Waals surface area contributed by atoms with Gasteiger partial charge in [0.1, 0.15) is 5.82 Å². The van der Waals surface area contributed by atoms with Crippen LogP contribution in [0.1, 0.15) is 15.9 Å². The SMILES string of the molecule is COc1ccc(Nc2ncccc2/C=C/C(=O)c2ccc(Cl)cc2)cc1OC. The van der Waals surface area contributed by atoms with E-state index >= 15 is 0 Å². The Morgan fingerprint density at radius 1 is 1.04 bits per heavy atom. The molecule has 0 unspecified atom stereocenters. The number of carbonyl (C=O) groups is 1. The largest absolute Gasteiger partial charge is 0.493 e. The predicted octanol–water partition coefficient (Wildman–Crippen LogP) is 5.39. The molecule has 3 aromatic rings. The molecule has 6 heteroatoms. The van der Waals surface area contributed by atoms with Crippen LogP contribution in [0.4, 0.5) is 11.5 Å². The number of nitrogens with zero attached hydrogens (tertiary/aromatic N) is 1. The van der Waals surface area contributed by atoms with Crippen molar-refractivity contribution in [3.8, 4) is 11.5 Å². The highest BCUT2D eigenvalue weighted by Gasteiger charge is 2.07. The second-order valence-corrected chi connectivity index (χ2v) is 6.28. The molecule has 0 spiro atoms. The van der Waals surface area contributed by atoms with Crippen molar-refractivity contribution in [1.82, 2.24) is 4.98 Å². The van der Waals surface area contributed by atoms with Crippen LogP contribution in [0, 0.1) is 0 Å². The Labute approximate surface area is 168 Å². The summed E-state index contributed by atoms with van der Waals surface area (Å²) in [4.78, 5) is 16.7. The zero-order chi connectivity index (χ0) is 19.9. The molecule has 5 nitrogen and oxygen atoms in total. The molecule has 1 heterocycles. The van der Waals surface area contributed by atoms with Crippen molar-refractivity contribution in [3.63, 3.8) is 0 Å². The molecule has 0 amide bonds. The number of pyridine rings is 1. The first-order chi connectivity index (χ1) is 13.6. The summed E-state index contributed by atoms with van der Waals surface area (Å²) in [6, 6.07) is 16.0. The van der Waals surface area contributed by atoms with Crippen LogP contribution < -0.4 is 14.8 Å². The molecule has 0 fully saturated rings. The van der Waals surface area contributed by atoms with Gasteiger partial charge >= 0.3 is 0 Å². The van der Waals surface area contributed by atoms with E-state index in [9.17, 15) is 4.79 Å². The highest BCUT2D eigenvalue weighted by Crippen LogP contribution is 2.31. The van der Waals surface area contributed by atoms with Crippen LogP contribution in [0.15, 0.2) is 66.9 Å². The maximum Gasteiger partial charge on any atom is 0.185 e. The van der Waals surface area contributed by atoms with Crippen molar-refractivity contribution >= 4 is 35.0 Å². The highest BCUT2D eigenvalue weighted by molar-refractivity contribution is 6.30. The third kappa shape index (κ3) is 4.69. The molecule has 142 valence electrons. The molecule has 1 N–H and O–H groups in total. The van der Waals surface area contributed by atoms with Crippen molar-refractivity contribution in [3.05, 3.63) is 83.0 Å². The third-order valence-electron chi connectivity index (χ3n) is 4.03. The van der Waals surface area contributed by atoms with Crippen molar-refractivity contribution in [2.24, 2.45) is 0 Å². The molecule has 0 atom stereocenters. The van der Waals surface area contributed by atoms with Crippen LogP contribution in [0.2, 0.25) is 5.02 Å². The molecule has 0 saturated carbocycles. The van der Waals surface area contributed by atoms with E-state index in [2.05, 4.69) is 10.3 Å². The van der Waals surface area contributed by atoms with Crippen LogP contribution in [0.5, 0.6) is 11.5 Å². The van der Waals surface area contributed by atoms with Crippen molar-refractivity contribution in [2.45, 2.75) is 0 Å². The summed E-state index contributed by atoms with van der Waals surface area (Å²) in [5.74, 6) is 1.76. The Hall–Kier alpha value is -3.31. The number of allylic oxidation sites excluding steroid dienone is 1. The van der Waals surface area contributed by atoms with Gasteiger partial charge in [-0.2, -0.15) is 0 Å². The third-order valence-corrected chi connectivity index (χ3v) is 4.28. The normalized spacial score (nSPS) is 10.7. The lowest BCUT2D eigenvalue weighted by atomic mass is 10.1. The molecule has 1 aromatic heterocycles. The number of ether oxygens (including phenoxy) is 2. The molecular formula is C22H19ClN2O3. The molecule has 0 aliphatic rings. The summed E-state index contributed by atoms with van der Waals surface area (Å²) in [5, 5.41) is 3.83. The summed E-state index contributed by atoms with van der Waals surface area (Å²) in [6.45, 7) is 0. The fraction of sp³-hybridized carbons (Fsp3) is 0.0909. The number of benzene rings is 2. The van der Waals surface area contributed by atoms with Crippen LogP contribution in [-0.2, 0) is 0 Å². The molecule has 28 heavy (non-hydrogen) atoms. The van der Waals surface area contributed by atoms with E-state index < -0.39 is 0 Å². The maximum absolute atomic E-state index is 12.4. The molecule has 3 rings (SSSR count). The quantitative estimate of drug-likeness (QED) is 0.430. The van der Waals surface area contributed by atoms with Crippen molar-refractivity contribution in [1.29, 1.82) is 0 Å². The number of halogens is 1. The number of nitrogens with one attached hydrogen (secondary N) is 1. The van der Waals surface area contributed by atoms with Crippen molar-refractivity contribution in [2.75, 3.05) is 19.5 Å². The van der Waals surface area contributed by atoms with E-state index in [0.717, 1.165) is 11.3 Å². The number of methoxy groups -OCH3 is 2. The van der Waals surface area contributed by atoms with E-state index in [0.29, 0.717) is 27.9 Å². The number of hydrogen-bond donors (Lipinski definition) is 1. The Morgan fingerprint density at radius 2 is 1.79 bits per heavy atom. The van der Waals surface area contributed by atoms with Gasteiger partial charge in [-0.05, 0) is 60.7 Å². The minimum absolute atomic E-state index is 0.113. The summed E-state index contributed by atoms with van der Waals surface area (Å²) >= 11 is 5.87. The molecule has 0 radical (unpaired) electrons. The second kappa shape index (κ2) is 9.06. The van der Waals surface area contributed by atoms with Crippen molar-refractivity contribution < 1.29 is 14.3 Å². The molecule has 0 aliphatic carbocycles. The Bertz CT molecular complexity index is 1000.